The van der Waals surface area contributed by atoms with E-state index in [1.165, 1.54) is 4.68 Å². The van der Waals surface area contributed by atoms with E-state index in [1.54, 1.807) is 24.7 Å². The molecule has 3 heterocycles. The molecule has 3 aromatic heterocycles. The molecular weight excluding hydrogens is 448 g/mol. The van der Waals surface area contributed by atoms with Crippen LogP contribution in [0.15, 0.2) is 71.1 Å². The van der Waals surface area contributed by atoms with Gasteiger partial charge in [-0.15, -0.1) is 11.3 Å². The Labute approximate surface area is 199 Å². The van der Waals surface area contributed by atoms with Crippen molar-refractivity contribution in [2.75, 3.05) is 19.4 Å². The van der Waals surface area contributed by atoms with Gasteiger partial charge in [-0.2, -0.15) is 9.78 Å². The number of benzene rings is 2. The fourth-order valence-corrected chi connectivity index (χ4v) is 4.25. The number of fused-ring (bicyclic) bond motifs is 2. The van der Waals surface area contributed by atoms with Crippen molar-refractivity contribution < 1.29 is 9.53 Å². The van der Waals surface area contributed by atoms with Gasteiger partial charge in [0, 0.05) is 11.4 Å². The number of carbonyl (C=O) groups is 1. The third kappa shape index (κ3) is 4.20. The Morgan fingerprint density at radius 1 is 1.12 bits per heavy atom. The number of hydrogen-bond donors (Lipinski definition) is 2. The van der Waals surface area contributed by atoms with Crippen LogP contribution in [-0.4, -0.2) is 40.4 Å². The molecule has 5 aromatic rings. The Morgan fingerprint density at radius 2 is 1.88 bits per heavy atom. The van der Waals surface area contributed by atoms with Crippen LogP contribution in [0.4, 0.5) is 5.82 Å². The monoisotopic (exact) mass is 470 g/mol. The standard InChI is InChI=1S/C25H22N6O2S/c1-33-17-10-8-16(9-11-17)12-13-27-25(32)21-22-24(30-20-7-3-2-6-19(20)29-22)31(23(21)26)28-15-18-5-4-14-34-18/h2-11,14-15H,12-13,26H2,1H3,(H,27,32). The first-order valence-corrected chi connectivity index (χ1v) is 11.6. The zero-order valence-electron chi connectivity index (χ0n) is 18.4. The van der Waals surface area contributed by atoms with Gasteiger partial charge in [0.2, 0.25) is 0 Å². The maximum absolute atomic E-state index is 13.2. The van der Waals surface area contributed by atoms with Crippen molar-refractivity contribution in [1.82, 2.24) is 20.0 Å². The molecule has 3 N–H and O–H groups in total. The number of thiophene rings is 1. The second kappa shape index (κ2) is 9.32. The lowest BCUT2D eigenvalue weighted by Crippen LogP contribution is -2.26. The zero-order valence-corrected chi connectivity index (χ0v) is 19.2. The third-order valence-corrected chi connectivity index (χ3v) is 6.21. The fourth-order valence-electron chi connectivity index (χ4n) is 3.67. The Kier molecular flexibility index (Phi) is 5.92. The van der Waals surface area contributed by atoms with E-state index in [1.807, 2.05) is 66.0 Å². The second-order valence-electron chi connectivity index (χ2n) is 7.57. The van der Waals surface area contributed by atoms with Crippen molar-refractivity contribution in [3.63, 3.8) is 0 Å². The van der Waals surface area contributed by atoms with E-state index < -0.39 is 0 Å². The van der Waals surface area contributed by atoms with Gasteiger partial charge in [-0.3, -0.25) is 4.79 Å². The van der Waals surface area contributed by atoms with Crippen LogP contribution in [0.2, 0.25) is 0 Å². The van der Waals surface area contributed by atoms with Crippen molar-refractivity contribution in [3.05, 3.63) is 82.0 Å². The molecule has 0 aliphatic carbocycles. The number of ether oxygens (including phenoxy) is 1. The molecule has 0 saturated carbocycles. The Balaban J connectivity index is 1.47. The lowest BCUT2D eigenvalue weighted by molar-refractivity contribution is 0.0956. The molecule has 0 fully saturated rings. The summed E-state index contributed by atoms with van der Waals surface area (Å²) in [7, 11) is 1.63. The molecule has 0 aliphatic rings. The van der Waals surface area contributed by atoms with E-state index in [4.69, 9.17) is 20.4 Å². The number of rotatable bonds is 7. The van der Waals surface area contributed by atoms with Gasteiger partial charge < -0.3 is 15.8 Å². The van der Waals surface area contributed by atoms with Crippen molar-refractivity contribution in [1.29, 1.82) is 0 Å². The first-order chi connectivity index (χ1) is 16.6. The van der Waals surface area contributed by atoms with Crippen LogP contribution >= 0.6 is 11.3 Å². The van der Waals surface area contributed by atoms with Crippen LogP contribution in [0.25, 0.3) is 22.2 Å². The molecule has 0 aliphatic heterocycles. The SMILES string of the molecule is COc1ccc(CCNC(=O)c2c(N)n(N=Cc3cccs3)c3nc4ccccc4nc23)cc1. The number of methoxy groups -OCH3 is 1. The van der Waals surface area contributed by atoms with Gasteiger partial charge >= 0.3 is 0 Å². The number of nitrogens with one attached hydrogen (secondary N) is 1. The maximum Gasteiger partial charge on any atom is 0.257 e. The summed E-state index contributed by atoms with van der Waals surface area (Å²) in [5.41, 5.74) is 10.0. The Hall–Kier alpha value is -4.24. The van der Waals surface area contributed by atoms with Crippen LogP contribution in [-0.2, 0) is 6.42 Å². The maximum atomic E-state index is 13.2. The number of carbonyl (C=O) groups excluding carboxylic acids is 1. The van der Waals surface area contributed by atoms with Crippen molar-refractivity contribution >= 4 is 51.5 Å². The number of aromatic nitrogens is 3. The number of amides is 1. The van der Waals surface area contributed by atoms with Crippen LogP contribution in [0.1, 0.15) is 20.8 Å². The van der Waals surface area contributed by atoms with Gasteiger partial charge in [0.05, 0.1) is 24.4 Å². The summed E-state index contributed by atoms with van der Waals surface area (Å²) in [6.07, 6.45) is 2.36. The predicted molar refractivity (Wildman–Crippen MR) is 136 cm³/mol. The predicted octanol–water partition coefficient (Wildman–Crippen LogP) is 4.09. The van der Waals surface area contributed by atoms with Crippen molar-refractivity contribution in [3.8, 4) is 5.75 Å². The van der Waals surface area contributed by atoms with E-state index in [0.29, 0.717) is 35.2 Å². The summed E-state index contributed by atoms with van der Waals surface area (Å²) in [5.74, 6) is 0.674. The molecule has 0 atom stereocenters. The lowest BCUT2D eigenvalue weighted by Gasteiger charge is -2.06. The van der Waals surface area contributed by atoms with Crippen molar-refractivity contribution in [2.45, 2.75) is 6.42 Å². The van der Waals surface area contributed by atoms with Gasteiger partial charge in [-0.05, 0) is 47.7 Å². The number of nitrogens with two attached hydrogens (primary N) is 1. The summed E-state index contributed by atoms with van der Waals surface area (Å²) in [6.45, 7) is 0.441. The van der Waals surface area contributed by atoms with Crippen molar-refractivity contribution in [2.24, 2.45) is 5.10 Å². The van der Waals surface area contributed by atoms with E-state index >= 15 is 0 Å². The highest BCUT2D eigenvalue weighted by molar-refractivity contribution is 7.11. The highest BCUT2D eigenvalue weighted by atomic mass is 32.1. The van der Waals surface area contributed by atoms with E-state index in [2.05, 4.69) is 10.4 Å². The number of para-hydroxylation sites is 2. The van der Waals surface area contributed by atoms with Gasteiger partial charge in [0.25, 0.3) is 5.91 Å². The smallest absolute Gasteiger partial charge is 0.257 e. The topological polar surface area (TPSA) is 107 Å². The van der Waals surface area contributed by atoms with Gasteiger partial charge in [0.15, 0.2) is 5.65 Å². The molecular formula is C25H22N6O2S. The largest absolute Gasteiger partial charge is 0.497 e. The first-order valence-electron chi connectivity index (χ1n) is 10.7. The first kappa shape index (κ1) is 21.6. The minimum atomic E-state index is -0.314. The summed E-state index contributed by atoms with van der Waals surface area (Å²) < 4.78 is 6.67. The molecule has 0 radical (unpaired) electrons. The Morgan fingerprint density at radius 3 is 2.59 bits per heavy atom. The zero-order chi connectivity index (χ0) is 23.5. The summed E-state index contributed by atoms with van der Waals surface area (Å²) >= 11 is 1.55. The number of nitrogens with zero attached hydrogens (tertiary/aromatic N) is 4. The molecule has 1 amide bonds. The number of hydrogen-bond acceptors (Lipinski definition) is 7. The minimum Gasteiger partial charge on any atom is -0.497 e. The van der Waals surface area contributed by atoms with Gasteiger partial charge in [0.1, 0.15) is 22.6 Å². The molecule has 34 heavy (non-hydrogen) atoms. The lowest BCUT2D eigenvalue weighted by atomic mass is 10.1. The highest BCUT2D eigenvalue weighted by Gasteiger charge is 2.24. The summed E-state index contributed by atoms with van der Waals surface area (Å²) in [5, 5.41) is 9.44. The quantitative estimate of drug-likeness (QED) is 0.348. The summed E-state index contributed by atoms with van der Waals surface area (Å²) in [6, 6.07) is 19.1. The van der Waals surface area contributed by atoms with E-state index in [0.717, 1.165) is 16.2 Å². The molecule has 0 bridgehead atoms. The Bertz CT molecular complexity index is 1490. The molecule has 0 spiro atoms. The van der Waals surface area contributed by atoms with Crippen LogP contribution < -0.4 is 15.8 Å². The van der Waals surface area contributed by atoms with Crippen LogP contribution in [0, 0.1) is 0 Å². The molecule has 0 saturated heterocycles. The minimum absolute atomic E-state index is 0.194. The van der Waals surface area contributed by atoms with Gasteiger partial charge in [-0.1, -0.05) is 30.3 Å². The average molecular weight is 471 g/mol. The molecule has 9 heteroatoms. The highest BCUT2D eigenvalue weighted by Crippen LogP contribution is 2.28. The van der Waals surface area contributed by atoms with E-state index in [9.17, 15) is 4.79 Å². The fraction of sp³-hybridized carbons (Fsp3) is 0.120. The third-order valence-electron chi connectivity index (χ3n) is 5.40. The number of nitrogen functional groups attached to an aromatic ring is 1. The van der Waals surface area contributed by atoms with E-state index in [-0.39, 0.29) is 17.3 Å². The molecule has 5 rings (SSSR count). The molecule has 2 aromatic carbocycles. The normalized spacial score (nSPS) is 11.4. The number of anilines is 1. The second-order valence-corrected chi connectivity index (χ2v) is 8.55. The van der Waals surface area contributed by atoms with Crippen LogP contribution in [0.5, 0.6) is 5.75 Å². The van der Waals surface area contributed by atoms with Crippen LogP contribution in [0.3, 0.4) is 0 Å². The van der Waals surface area contributed by atoms with Gasteiger partial charge in [-0.25, -0.2) is 9.97 Å². The average Bonchev–Trinajstić information content (AvgIpc) is 3.47. The molecule has 0 unspecified atom stereocenters. The summed E-state index contributed by atoms with van der Waals surface area (Å²) in [4.78, 5) is 23.6. The molecule has 170 valence electrons. The molecule has 8 nitrogen and oxygen atoms in total.